The average molecular weight is 393 g/mol. The van der Waals surface area contributed by atoms with Crippen LogP contribution >= 0.6 is 0 Å². The molecule has 7 heteroatoms. The van der Waals surface area contributed by atoms with Crippen molar-refractivity contribution in [3.8, 4) is 0 Å². The van der Waals surface area contributed by atoms with Gasteiger partial charge in [0, 0.05) is 36.4 Å². The molecule has 29 heavy (non-hydrogen) atoms. The van der Waals surface area contributed by atoms with Gasteiger partial charge in [-0.15, -0.1) is 0 Å². The molecule has 0 saturated heterocycles. The number of hydrogen-bond donors (Lipinski definition) is 0. The third-order valence-electron chi connectivity index (χ3n) is 4.99. The molecule has 0 spiro atoms. The number of anilines is 1. The highest BCUT2D eigenvalue weighted by Gasteiger charge is 2.26. The molecule has 7 nitrogen and oxygen atoms in total. The summed E-state index contributed by atoms with van der Waals surface area (Å²) in [6.45, 7) is -0.243. The number of ketones is 1. The maximum Gasteiger partial charge on any atom is 0.375 e. The predicted molar refractivity (Wildman–Crippen MR) is 105 cm³/mol. The normalized spacial score (nSPS) is 13.0. The van der Waals surface area contributed by atoms with E-state index in [4.69, 9.17) is 13.9 Å². The summed E-state index contributed by atoms with van der Waals surface area (Å²) in [7, 11) is 3.22. The average Bonchev–Trinajstić information content (AvgIpc) is 3.23. The highest BCUT2D eigenvalue weighted by molar-refractivity contribution is 6.04. The van der Waals surface area contributed by atoms with Gasteiger partial charge in [0.15, 0.2) is 12.4 Å². The van der Waals surface area contributed by atoms with Crippen LogP contribution in [0.25, 0.3) is 11.0 Å². The van der Waals surface area contributed by atoms with Crippen molar-refractivity contribution in [2.24, 2.45) is 0 Å². The second-order valence-electron chi connectivity index (χ2n) is 6.81. The number of amides is 1. The van der Waals surface area contributed by atoms with E-state index < -0.39 is 12.6 Å². The predicted octanol–water partition coefficient (Wildman–Crippen LogP) is 3.14. The van der Waals surface area contributed by atoms with Crippen LogP contribution in [0, 0.1) is 0 Å². The molecule has 1 aromatic heterocycles. The van der Waals surface area contributed by atoms with E-state index in [1.54, 1.807) is 42.3 Å². The van der Waals surface area contributed by atoms with Gasteiger partial charge in [0.2, 0.25) is 11.7 Å². The number of carbonyl (C=O) groups is 3. The first kappa shape index (κ1) is 18.9. The summed E-state index contributed by atoms with van der Waals surface area (Å²) in [6.07, 6.45) is 0.256. The van der Waals surface area contributed by atoms with E-state index in [1.807, 2.05) is 12.1 Å². The smallest absolute Gasteiger partial charge is 0.375 e. The standard InChI is InChI=1S/C22H19NO6/c1-23-17-8-7-13(9-14(17)10-20(23)25)18(24)12-28-22(26)21-16(11-27-2)15-5-3-4-6-19(15)29-21/h3-9H,10-12H2,1-2H3. The first-order chi connectivity index (χ1) is 14.0. The van der Waals surface area contributed by atoms with Gasteiger partial charge < -0.3 is 18.8 Å². The van der Waals surface area contributed by atoms with E-state index in [0.29, 0.717) is 16.7 Å². The minimum absolute atomic E-state index is 0.0217. The highest BCUT2D eigenvalue weighted by Crippen LogP contribution is 2.29. The Bertz CT molecular complexity index is 1130. The van der Waals surface area contributed by atoms with Gasteiger partial charge in [-0.05, 0) is 29.8 Å². The Kier molecular flexibility index (Phi) is 4.90. The molecule has 0 aliphatic carbocycles. The number of fused-ring (bicyclic) bond motifs is 2. The summed E-state index contributed by atoms with van der Waals surface area (Å²) in [4.78, 5) is 38.4. The molecule has 0 N–H and O–H groups in total. The maximum absolute atomic E-state index is 12.5. The Balaban J connectivity index is 1.50. The number of rotatable bonds is 6. The number of likely N-dealkylation sites (N-methyl/N-ethyl adjacent to an activating group) is 1. The summed E-state index contributed by atoms with van der Waals surface area (Å²) in [5.74, 6) is -1.07. The zero-order chi connectivity index (χ0) is 20.5. The number of esters is 1. The van der Waals surface area contributed by atoms with Crippen molar-refractivity contribution in [2.75, 3.05) is 25.7 Å². The van der Waals surface area contributed by atoms with E-state index >= 15 is 0 Å². The minimum atomic E-state index is -0.724. The number of furan rings is 1. The monoisotopic (exact) mass is 393 g/mol. The van der Waals surface area contributed by atoms with Crippen molar-refractivity contribution in [2.45, 2.75) is 13.0 Å². The Hall–Kier alpha value is -3.45. The minimum Gasteiger partial charge on any atom is -0.451 e. The first-order valence-corrected chi connectivity index (χ1v) is 9.08. The molecule has 2 heterocycles. The number of benzene rings is 2. The number of ether oxygens (including phenoxy) is 2. The van der Waals surface area contributed by atoms with Gasteiger partial charge in [0.25, 0.3) is 0 Å². The van der Waals surface area contributed by atoms with Gasteiger partial charge in [-0.2, -0.15) is 0 Å². The highest BCUT2D eigenvalue weighted by atomic mass is 16.5. The molecule has 0 bridgehead atoms. The van der Waals surface area contributed by atoms with Crippen LogP contribution in [0.5, 0.6) is 0 Å². The van der Waals surface area contributed by atoms with Gasteiger partial charge in [-0.25, -0.2) is 4.79 Å². The summed E-state index contributed by atoms with van der Waals surface area (Å²) in [5.41, 5.74) is 3.09. The lowest BCUT2D eigenvalue weighted by atomic mass is 10.1. The summed E-state index contributed by atoms with van der Waals surface area (Å²) < 4.78 is 16.0. The molecule has 1 aliphatic rings. The van der Waals surface area contributed by atoms with Crippen molar-refractivity contribution in [3.05, 3.63) is 64.9 Å². The fourth-order valence-electron chi connectivity index (χ4n) is 3.47. The molecule has 0 atom stereocenters. The van der Waals surface area contributed by atoms with Gasteiger partial charge in [-0.1, -0.05) is 18.2 Å². The van der Waals surface area contributed by atoms with Gasteiger partial charge in [0.05, 0.1) is 13.0 Å². The van der Waals surface area contributed by atoms with Crippen LogP contribution in [0.3, 0.4) is 0 Å². The number of hydrogen-bond acceptors (Lipinski definition) is 6. The van der Waals surface area contributed by atoms with Crippen LogP contribution in [0.2, 0.25) is 0 Å². The number of para-hydroxylation sites is 1. The van der Waals surface area contributed by atoms with Gasteiger partial charge >= 0.3 is 5.97 Å². The number of nitrogens with zero attached hydrogens (tertiary/aromatic N) is 1. The second-order valence-corrected chi connectivity index (χ2v) is 6.81. The molecule has 1 amide bonds. The summed E-state index contributed by atoms with van der Waals surface area (Å²) >= 11 is 0. The van der Waals surface area contributed by atoms with E-state index in [0.717, 1.165) is 16.6 Å². The van der Waals surface area contributed by atoms with E-state index in [1.165, 1.54) is 7.11 Å². The summed E-state index contributed by atoms with van der Waals surface area (Å²) in [6, 6.07) is 12.2. The Morgan fingerprint density at radius 3 is 2.76 bits per heavy atom. The van der Waals surface area contributed by atoms with Gasteiger partial charge in [-0.3, -0.25) is 9.59 Å². The number of methoxy groups -OCH3 is 1. The lowest BCUT2D eigenvalue weighted by Crippen LogP contribution is -2.20. The van der Waals surface area contributed by atoms with E-state index in [2.05, 4.69) is 0 Å². The van der Waals surface area contributed by atoms with Crippen LogP contribution in [-0.4, -0.2) is 38.4 Å². The second kappa shape index (κ2) is 7.52. The van der Waals surface area contributed by atoms with E-state index in [9.17, 15) is 14.4 Å². The Morgan fingerprint density at radius 1 is 1.17 bits per heavy atom. The third kappa shape index (κ3) is 3.40. The lowest BCUT2D eigenvalue weighted by molar-refractivity contribution is -0.117. The van der Waals surface area contributed by atoms with Crippen molar-refractivity contribution >= 4 is 34.3 Å². The molecule has 148 valence electrons. The third-order valence-corrected chi connectivity index (χ3v) is 4.99. The molecule has 0 saturated carbocycles. The molecule has 0 unspecified atom stereocenters. The largest absolute Gasteiger partial charge is 0.451 e. The van der Waals surface area contributed by atoms with Crippen molar-refractivity contribution in [3.63, 3.8) is 0 Å². The molecule has 0 radical (unpaired) electrons. The number of Topliss-reactive ketones (excluding diaryl/α,β-unsaturated/α-hetero) is 1. The fraction of sp³-hybridized carbons (Fsp3) is 0.227. The van der Waals surface area contributed by atoms with Crippen molar-refractivity contribution in [1.82, 2.24) is 0 Å². The molecule has 1 aliphatic heterocycles. The molecule has 2 aromatic carbocycles. The molecule has 4 rings (SSSR count). The Labute approximate surface area is 166 Å². The van der Waals surface area contributed by atoms with Gasteiger partial charge in [0.1, 0.15) is 5.58 Å². The van der Waals surface area contributed by atoms with E-state index in [-0.39, 0.29) is 30.5 Å². The van der Waals surface area contributed by atoms with Crippen LogP contribution in [-0.2, 0) is 27.3 Å². The topological polar surface area (TPSA) is 86.0 Å². The fourth-order valence-corrected chi connectivity index (χ4v) is 3.47. The van der Waals surface area contributed by atoms with Crippen LogP contribution < -0.4 is 4.90 Å². The molecular formula is C22H19NO6. The van der Waals surface area contributed by atoms with Crippen LogP contribution in [0.15, 0.2) is 46.9 Å². The van der Waals surface area contributed by atoms with Crippen LogP contribution in [0.1, 0.15) is 32.0 Å². The zero-order valence-corrected chi connectivity index (χ0v) is 16.1. The maximum atomic E-state index is 12.5. The number of carbonyl (C=O) groups excluding carboxylic acids is 3. The van der Waals surface area contributed by atoms with Crippen molar-refractivity contribution < 1.29 is 28.3 Å². The SMILES string of the molecule is COCc1c(C(=O)OCC(=O)c2ccc3c(c2)CC(=O)N3C)oc2ccccc12. The molecule has 3 aromatic rings. The summed E-state index contributed by atoms with van der Waals surface area (Å²) in [5, 5.41) is 0.764. The molecule has 0 fully saturated rings. The Morgan fingerprint density at radius 2 is 1.97 bits per heavy atom. The first-order valence-electron chi connectivity index (χ1n) is 9.08. The van der Waals surface area contributed by atoms with Crippen molar-refractivity contribution in [1.29, 1.82) is 0 Å². The van der Waals surface area contributed by atoms with Crippen LogP contribution in [0.4, 0.5) is 5.69 Å². The quantitative estimate of drug-likeness (QED) is 0.472. The molecular weight excluding hydrogens is 374 g/mol. The lowest BCUT2D eigenvalue weighted by Gasteiger charge is -2.10. The zero-order valence-electron chi connectivity index (χ0n) is 16.1.